The van der Waals surface area contributed by atoms with Gasteiger partial charge in [0, 0.05) is 0 Å². The molecule has 1 aromatic heterocycles. The zero-order chi connectivity index (χ0) is 10.3. The van der Waals surface area contributed by atoms with Crippen molar-refractivity contribution in [3.63, 3.8) is 0 Å². The minimum atomic E-state index is -0.216. The van der Waals surface area contributed by atoms with Gasteiger partial charge in [-0.05, 0) is 37.5 Å². The fraction of sp³-hybridized carbons (Fsp3) is 0.273. The van der Waals surface area contributed by atoms with Gasteiger partial charge < -0.3 is 4.42 Å². The molecule has 0 unspecified atom stereocenters. The molecule has 0 saturated carbocycles. The number of aromatic nitrogens is 1. The second kappa shape index (κ2) is 2.94. The highest BCUT2D eigenvalue weighted by Gasteiger charge is 2.09. The van der Waals surface area contributed by atoms with E-state index in [1.807, 2.05) is 26.8 Å². The third-order valence-corrected chi connectivity index (χ3v) is 2.54. The summed E-state index contributed by atoms with van der Waals surface area (Å²) in [5.74, 6) is 0. The van der Waals surface area contributed by atoms with Gasteiger partial charge in [0.1, 0.15) is 5.58 Å². The van der Waals surface area contributed by atoms with Crippen molar-refractivity contribution in [2.45, 2.75) is 20.8 Å². The van der Waals surface area contributed by atoms with Crippen LogP contribution >= 0.6 is 0 Å². The zero-order valence-corrected chi connectivity index (χ0v) is 8.42. The first kappa shape index (κ1) is 8.94. The van der Waals surface area contributed by atoms with Crippen LogP contribution in [-0.4, -0.2) is 4.98 Å². The second-order valence-corrected chi connectivity index (χ2v) is 3.50. The van der Waals surface area contributed by atoms with Crippen LogP contribution in [0.5, 0.6) is 0 Å². The number of benzene rings is 1. The summed E-state index contributed by atoms with van der Waals surface area (Å²) in [7, 11) is 0. The molecule has 0 radical (unpaired) electrons. The van der Waals surface area contributed by atoms with Crippen molar-refractivity contribution in [2.75, 3.05) is 0 Å². The first-order valence-corrected chi connectivity index (χ1v) is 4.45. The molecule has 0 atom stereocenters. The summed E-state index contributed by atoms with van der Waals surface area (Å²) in [6, 6.07) is 1.98. The predicted octanol–water partition coefficient (Wildman–Crippen LogP) is 2.11. The Hall–Kier alpha value is -1.64. The number of hydrogen-bond acceptors (Lipinski definition) is 3. The Morgan fingerprint density at radius 1 is 1.21 bits per heavy atom. The smallest absolute Gasteiger partial charge is 0.283 e. The topological polar surface area (TPSA) is 43.1 Å². The normalized spacial score (nSPS) is 10.8. The van der Waals surface area contributed by atoms with Crippen LogP contribution in [0.25, 0.3) is 11.0 Å². The third-order valence-electron chi connectivity index (χ3n) is 2.54. The Kier molecular flexibility index (Phi) is 1.88. The lowest BCUT2D eigenvalue weighted by atomic mass is 10.0. The third kappa shape index (κ3) is 1.13. The van der Waals surface area contributed by atoms with Gasteiger partial charge in [-0.2, -0.15) is 4.98 Å². The summed E-state index contributed by atoms with van der Waals surface area (Å²) in [6.45, 7) is 5.84. The van der Waals surface area contributed by atoms with Crippen molar-refractivity contribution in [2.24, 2.45) is 0 Å². The number of fused-ring (bicyclic) bond motifs is 1. The molecule has 0 spiro atoms. The molecule has 0 aliphatic heterocycles. The van der Waals surface area contributed by atoms with Gasteiger partial charge in [0.15, 0.2) is 6.39 Å². The molecule has 14 heavy (non-hydrogen) atoms. The van der Waals surface area contributed by atoms with Gasteiger partial charge in [-0.1, -0.05) is 6.07 Å². The van der Waals surface area contributed by atoms with E-state index in [2.05, 4.69) is 4.98 Å². The molecule has 0 saturated heterocycles. The number of rotatable bonds is 0. The Balaban J connectivity index is 3.10. The van der Waals surface area contributed by atoms with E-state index >= 15 is 0 Å². The van der Waals surface area contributed by atoms with Crippen molar-refractivity contribution < 1.29 is 4.42 Å². The van der Waals surface area contributed by atoms with Gasteiger partial charge >= 0.3 is 0 Å². The van der Waals surface area contributed by atoms with Crippen molar-refractivity contribution in [3.8, 4) is 0 Å². The van der Waals surface area contributed by atoms with E-state index in [0.717, 1.165) is 16.7 Å². The molecule has 3 nitrogen and oxygen atoms in total. The maximum absolute atomic E-state index is 11.5. The van der Waals surface area contributed by atoms with Gasteiger partial charge in [-0.15, -0.1) is 0 Å². The molecule has 1 aromatic carbocycles. The first-order chi connectivity index (χ1) is 6.61. The van der Waals surface area contributed by atoms with E-state index in [9.17, 15) is 4.79 Å². The van der Waals surface area contributed by atoms with Gasteiger partial charge in [-0.3, -0.25) is 4.79 Å². The average molecular weight is 189 g/mol. The molecule has 0 amide bonds. The van der Waals surface area contributed by atoms with Crippen LogP contribution in [0.4, 0.5) is 0 Å². The van der Waals surface area contributed by atoms with E-state index in [0.29, 0.717) is 11.0 Å². The number of nitrogens with zero attached hydrogens (tertiary/aromatic N) is 1. The molecule has 72 valence electrons. The van der Waals surface area contributed by atoms with Gasteiger partial charge in [-0.25, -0.2) is 0 Å². The molecule has 1 heterocycles. The predicted molar refractivity (Wildman–Crippen MR) is 54.5 cm³/mol. The van der Waals surface area contributed by atoms with Crippen LogP contribution in [0, 0.1) is 20.8 Å². The molecular formula is C11H11NO2. The standard InChI is InChI=1S/C11H11NO2/c1-6-4-7(2)9-10(8(6)3)14-5-12-11(9)13/h4-5H,1-3H3. The molecule has 0 aliphatic carbocycles. The van der Waals surface area contributed by atoms with Crippen LogP contribution in [0.3, 0.4) is 0 Å². The summed E-state index contributed by atoms with van der Waals surface area (Å²) in [5, 5.41) is 0.593. The lowest BCUT2D eigenvalue weighted by molar-refractivity contribution is 0.573. The monoisotopic (exact) mass is 189 g/mol. The fourth-order valence-electron chi connectivity index (χ4n) is 1.66. The minimum absolute atomic E-state index is 0.216. The van der Waals surface area contributed by atoms with Gasteiger partial charge in [0.05, 0.1) is 5.39 Å². The Morgan fingerprint density at radius 2 is 1.93 bits per heavy atom. The van der Waals surface area contributed by atoms with Crippen LogP contribution in [0.15, 0.2) is 21.7 Å². The number of aryl methyl sites for hydroxylation is 3. The second-order valence-electron chi connectivity index (χ2n) is 3.50. The van der Waals surface area contributed by atoms with Gasteiger partial charge in [0.2, 0.25) is 0 Å². The van der Waals surface area contributed by atoms with Crippen LogP contribution in [-0.2, 0) is 0 Å². The van der Waals surface area contributed by atoms with Crippen LogP contribution in [0.2, 0.25) is 0 Å². The zero-order valence-electron chi connectivity index (χ0n) is 8.42. The summed E-state index contributed by atoms with van der Waals surface area (Å²) in [4.78, 5) is 15.1. The SMILES string of the molecule is Cc1cc(C)c2c(=O)ncoc2c1C. The Morgan fingerprint density at radius 3 is 2.64 bits per heavy atom. The largest absolute Gasteiger partial charge is 0.445 e. The molecule has 0 fully saturated rings. The van der Waals surface area contributed by atoms with Gasteiger partial charge in [0.25, 0.3) is 5.56 Å². The van der Waals surface area contributed by atoms with E-state index < -0.39 is 0 Å². The highest BCUT2D eigenvalue weighted by Crippen LogP contribution is 2.21. The molecule has 2 aromatic rings. The highest BCUT2D eigenvalue weighted by molar-refractivity contribution is 5.83. The molecule has 0 aliphatic rings. The molecule has 0 bridgehead atoms. The maximum atomic E-state index is 11.5. The summed E-state index contributed by atoms with van der Waals surface area (Å²) >= 11 is 0. The average Bonchev–Trinajstić information content (AvgIpc) is 2.14. The summed E-state index contributed by atoms with van der Waals surface area (Å²) < 4.78 is 5.27. The Labute approximate surface area is 81.4 Å². The maximum Gasteiger partial charge on any atom is 0.283 e. The van der Waals surface area contributed by atoms with Crippen molar-refractivity contribution >= 4 is 11.0 Å². The van der Waals surface area contributed by atoms with E-state index in [-0.39, 0.29) is 5.56 Å². The molecule has 0 N–H and O–H groups in total. The van der Waals surface area contributed by atoms with Crippen molar-refractivity contribution in [3.05, 3.63) is 39.5 Å². The minimum Gasteiger partial charge on any atom is -0.445 e. The van der Waals surface area contributed by atoms with E-state index in [4.69, 9.17) is 4.42 Å². The van der Waals surface area contributed by atoms with E-state index in [1.54, 1.807) is 0 Å². The number of hydrogen-bond donors (Lipinski definition) is 0. The van der Waals surface area contributed by atoms with E-state index in [1.165, 1.54) is 6.39 Å². The highest BCUT2D eigenvalue weighted by atomic mass is 16.3. The summed E-state index contributed by atoms with van der Waals surface area (Å²) in [6.07, 6.45) is 1.20. The molecule has 2 rings (SSSR count). The fourth-order valence-corrected chi connectivity index (χ4v) is 1.66. The molecule has 3 heteroatoms. The Bertz CT molecular complexity index is 555. The van der Waals surface area contributed by atoms with Crippen LogP contribution < -0.4 is 5.56 Å². The first-order valence-electron chi connectivity index (χ1n) is 4.45. The quantitative estimate of drug-likeness (QED) is 0.637. The van der Waals surface area contributed by atoms with Crippen molar-refractivity contribution in [1.29, 1.82) is 0 Å². The lowest BCUT2D eigenvalue weighted by Gasteiger charge is -2.05. The lowest BCUT2D eigenvalue weighted by Crippen LogP contribution is -2.07. The van der Waals surface area contributed by atoms with Crippen LogP contribution in [0.1, 0.15) is 16.7 Å². The summed E-state index contributed by atoms with van der Waals surface area (Å²) in [5.41, 5.74) is 3.49. The van der Waals surface area contributed by atoms with Crippen molar-refractivity contribution in [1.82, 2.24) is 4.98 Å². The molecular weight excluding hydrogens is 178 g/mol.